The number of hydrogen-bond donors (Lipinski definition) is 1. The fourth-order valence-corrected chi connectivity index (χ4v) is 0. The maximum atomic E-state index is 7.57. The van der Waals surface area contributed by atoms with Gasteiger partial charge in [-0.25, -0.2) is 0 Å². The van der Waals surface area contributed by atoms with Crippen LogP contribution in [0.25, 0.3) is 0 Å². The van der Waals surface area contributed by atoms with Crippen molar-refractivity contribution in [2.75, 3.05) is 6.61 Å². The van der Waals surface area contributed by atoms with Crippen molar-refractivity contribution in [2.24, 2.45) is 0 Å². The van der Waals surface area contributed by atoms with Gasteiger partial charge in [-0.1, -0.05) is 0 Å². The lowest BCUT2D eigenvalue weighted by atomic mass is 10.9. The summed E-state index contributed by atoms with van der Waals surface area (Å²) in [5.41, 5.74) is 0. The van der Waals surface area contributed by atoms with Crippen LogP contribution in [-0.4, -0.2) is 52.1 Å². The topological polar surface area (TPSA) is 20.2 Å². The van der Waals surface area contributed by atoms with Crippen LogP contribution in [0.3, 0.4) is 0 Å². The molecule has 0 rings (SSSR count). The first-order valence-corrected chi connectivity index (χ1v) is 1.02. The van der Waals surface area contributed by atoms with Crippen LogP contribution in [0.4, 0.5) is 0 Å². The van der Waals surface area contributed by atoms with Crippen molar-refractivity contribution in [2.45, 2.75) is 6.92 Å². The molecule has 0 aliphatic carbocycles. The average Bonchev–Trinajstić information content (AvgIpc) is 0.918. The highest BCUT2D eigenvalue weighted by atomic mass is 35.5. The van der Waals surface area contributed by atoms with E-state index in [4.69, 9.17) is 5.11 Å². The van der Waals surface area contributed by atoms with Gasteiger partial charge in [-0.2, -0.15) is 0 Å². The fraction of sp³-hybridized carbons (Fsp3) is 1.00. The van der Waals surface area contributed by atoms with E-state index in [1.165, 1.54) is 0 Å². The average molecular weight is 139 g/mol. The van der Waals surface area contributed by atoms with Gasteiger partial charge in [0.05, 0.1) is 0 Å². The van der Waals surface area contributed by atoms with Gasteiger partial charge in [-0.05, 0) is 6.92 Å². The molecule has 0 fully saturated rings. The molecule has 0 atom stereocenters. The van der Waals surface area contributed by atoms with Gasteiger partial charge in [-0.15, -0.1) is 12.4 Å². The Morgan fingerprint density at radius 3 is 1.50 bits per heavy atom. The van der Waals surface area contributed by atoms with Crippen molar-refractivity contribution in [1.29, 1.82) is 0 Å². The molecule has 0 radical (unpaired) electrons. The summed E-state index contributed by atoms with van der Waals surface area (Å²) in [6.45, 7) is 1.93. The van der Waals surface area contributed by atoms with Crippen LogP contribution in [-0.2, 0) is 0 Å². The standard InChI is InChI=1S/C2H6O.Al.ClH.Mg.5H/c1-2-3;;;;;;;;/h3H,2H2,1H3;;1H;;;;;;. The van der Waals surface area contributed by atoms with Crippen molar-refractivity contribution in [3.63, 3.8) is 0 Å². The van der Waals surface area contributed by atoms with Crippen LogP contribution in [0.5, 0.6) is 0 Å². The molecule has 0 aromatic heterocycles. The normalized spacial score (nSPS) is 3.00. The molecule has 0 heterocycles. The molecule has 6 heavy (non-hydrogen) atoms. The Morgan fingerprint density at radius 1 is 1.50 bits per heavy atom. The highest BCUT2D eigenvalue weighted by Crippen LogP contribution is 1.30. The molecule has 0 spiro atoms. The molecule has 1 nitrogen and oxygen atoms in total. The largest absolute Gasteiger partial charge is 0.397 e. The zero-order valence-corrected chi connectivity index (χ0v) is 3.38. The lowest BCUT2D eigenvalue weighted by Gasteiger charge is -1.52. The summed E-state index contributed by atoms with van der Waals surface area (Å²) < 4.78 is 0. The Morgan fingerprint density at radius 2 is 1.50 bits per heavy atom. The first kappa shape index (κ1) is 25.7. The van der Waals surface area contributed by atoms with Crippen molar-refractivity contribution in [3.8, 4) is 0 Å². The minimum absolute atomic E-state index is 0. The third kappa shape index (κ3) is 47.9. The van der Waals surface area contributed by atoms with Crippen LogP contribution < -0.4 is 0 Å². The second-order valence-electron chi connectivity index (χ2n) is 0.316. The summed E-state index contributed by atoms with van der Waals surface area (Å²) in [5.74, 6) is 0. The van der Waals surface area contributed by atoms with Crippen molar-refractivity contribution in [3.05, 3.63) is 0 Å². The predicted molar refractivity (Wildman–Crippen MR) is 38.5 cm³/mol. The van der Waals surface area contributed by atoms with Gasteiger partial charge in [0.1, 0.15) is 0 Å². The first-order valence-electron chi connectivity index (χ1n) is 1.02. The maximum Gasteiger partial charge on any atom is 0.316 e. The van der Waals surface area contributed by atoms with E-state index >= 15 is 0 Å². The van der Waals surface area contributed by atoms with Crippen LogP contribution in [0.1, 0.15) is 6.92 Å². The highest BCUT2D eigenvalue weighted by molar-refractivity contribution is 5.85. The molecule has 0 amide bonds. The van der Waals surface area contributed by atoms with E-state index in [-0.39, 0.29) is 59.4 Å². The van der Waals surface area contributed by atoms with E-state index in [0.717, 1.165) is 0 Å². The molecule has 0 aliphatic rings. The van der Waals surface area contributed by atoms with Crippen molar-refractivity contribution in [1.82, 2.24) is 0 Å². The van der Waals surface area contributed by atoms with Gasteiger partial charge >= 0.3 is 23.1 Å². The zero-order valence-electron chi connectivity index (χ0n) is 2.56. The minimum atomic E-state index is 0. The van der Waals surface area contributed by atoms with Crippen molar-refractivity contribution >= 4 is 52.8 Å². The summed E-state index contributed by atoms with van der Waals surface area (Å²) in [4.78, 5) is 0. The number of aliphatic hydroxyl groups excluding tert-OH is 1. The van der Waals surface area contributed by atoms with Gasteiger partial charge in [0, 0.05) is 6.61 Å². The number of halogens is 1. The molecule has 0 aromatic carbocycles. The van der Waals surface area contributed by atoms with E-state index in [1.54, 1.807) is 6.92 Å². The van der Waals surface area contributed by atoms with Crippen LogP contribution in [0.2, 0.25) is 0 Å². The summed E-state index contributed by atoms with van der Waals surface area (Å²) in [6, 6.07) is 0. The van der Waals surface area contributed by atoms with E-state index in [2.05, 4.69) is 0 Å². The lowest BCUT2D eigenvalue weighted by Crippen LogP contribution is -1.57. The first-order chi connectivity index (χ1) is 1.41. The molecule has 0 bridgehead atoms. The smallest absolute Gasteiger partial charge is 0.316 e. The maximum absolute atomic E-state index is 7.57. The molecule has 0 aromatic rings. The Kier molecular flexibility index (Phi) is 133. The molecule has 0 aliphatic heterocycles. The number of rotatable bonds is 0. The van der Waals surface area contributed by atoms with Crippen LogP contribution in [0, 0.1) is 0 Å². The van der Waals surface area contributed by atoms with Crippen LogP contribution in [0.15, 0.2) is 0 Å². The monoisotopic (exact) mass is 138 g/mol. The molecule has 1 N–H and O–H groups in total. The lowest BCUT2D eigenvalue weighted by molar-refractivity contribution is 0.318. The summed E-state index contributed by atoms with van der Waals surface area (Å²) in [5, 5.41) is 7.57. The summed E-state index contributed by atoms with van der Waals surface area (Å²) >= 11 is 0. The Bertz CT molecular complexity index is 13.5. The van der Waals surface area contributed by atoms with E-state index in [1.807, 2.05) is 0 Å². The Hall–Kier alpha value is 1.55. The Labute approximate surface area is 71.2 Å². The zero-order chi connectivity index (χ0) is 2.71. The quantitative estimate of drug-likeness (QED) is 0.397. The van der Waals surface area contributed by atoms with Gasteiger partial charge < -0.3 is 5.11 Å². The van der Waals surface area contributed by atoms with Crippen molar-refractivity contribution < 1.29 is 5.11 Å². The van der Waals surface area contributed by atoms with Gasteiger partial charge in [-0.3, -0.25) is 0 Å². The van der Waals surface area contributed by atoms with Gasteiger partial charge in [0.2, 0.25) is 0 Å². The van der Waals surface area contributed by atoms with E-state index in [9.17, 15) is 0 Å². The molecular formula is C2H12AlClMgO. The summed E-state index contributed by atoms with van der Waals surface area (Å²) in [6.07, 6.45) is 0. The van der Waals surface area contributed by atoms with E-state index in [0.29, 0.717) is 0 Å². The predicted octanol–water partition coefficient (Wildman–Crippen LogP) is -1.68. The van der Waals surface area contributed by atoms with Gasteiger partial charge in [0.15, 0.2) is 17.4 Å². The number of aliphatic hydroxyl groups is 1. The van der Waals surface area contributed by atoms with Crippen LogP contribution >= 0.6 is 12.4 Å². The summed E-state index contributed by atoms with van der Waals surface area (Å²) in [7, 11) is 0. The SMILES string of the molecule is CCO.Cl.[AlH3].[MgH2]. The molecule has 4 heteroatoms. The molecule has 0 saturated heterocycles. The van der Waals surface area contributed by atoms with E-state index < -0.39 is 0 Å². The molecule has 0 saturated carbocycles. The number of hydrogen-bond acceptors (Lipinski definition) is 1. The second-order valence-corrected chi connectivity index (χ2v) is 0.316. The molecule has 0 unspecified atom stereocenters. The molecule has 38 valence electrons. The third-order valence-corrected chi connectivity index (χ3v) is 0. The second kappa shape index (κ2) is 31.0. The minimum Gasteiger partial charge on any atom is -0.397 e. The third-order valence-electron chi connectivity index (χ3n) is 0. The Balaban J connectivity index is -0.00000000667. The molecular weight excluding hydrogens is 127 g/mol. The highest BCUT2D eigenvalue weighted by Gasteiger charge is 1.34. The van der Waals surface area contributed by atoms with Gasteiger partial charge in [0.25, 0.3) is 0 Å². The fourth-order valence-electron chi connectivity index (χ4n) is 0.